The summed E-state index contributed by atoms with van der Waals surface area (Å²) in [4.78, 5) is 24.4. The second-order valence-corrected chi connectivity index (χ2v) is 7.59. The van der Waals surface area contributed by atoms with Gasteiger partial charge in [-0.2, -0.15) is 0 Å². The van der Waals surface area contributed by atoms with Gasteiger partial charge in [0.2, 0.25) is 0 Å². The van der Waals surface area contributed by atoms with Gasteiger partial charge in [0.1, 0.15) is 11.3 Å². The molecule has 1 saturated heterocycles. The summed E-state index contributed by atoms with van der Waals surface area (Å²) in [5, 5.41) is 2.91. The second-order valence-electron chi connectivity index (χ2n) is 7.59. The Labute approximate surface area is 169 Å². The number of benzene rings is 2. The van der Waals surface area contributed by atoms with Gasteiger partial charge in [0.05, 0.1) is 17.4 Å². The second kappa shape index (κ2) is 8.71. The van der Waals surface area contributed by atoms with Gasteiger partial charge in [0.25, 0.3) is 5.91 Å². The Morgan fingerprint density at radius 1 is 1.28 bits per heavy atom. The van der Waals surface area contributed by atoms with Gasteiger partial charge in [-0.25, -0.2) is 9.37 Å². The topological polar surface area (TPSA) is 64.3 Å². The van der Waals surface area contributed by atoms with Gasteiger partial charge in [0.15, 0.2) is 0 Å². The maximum Gasteiger partial charge on any atom is 0.253 e. The van der Waals surface area contributed by atoms with Gasteiger partial charge in [-0.1, -0.05) is 30.3 Å². The normalized spacial score (nSPS) is 18.2. The molecule has 152 valence electrons. The molecule has 1 aliphatic heterocycles. The van der Waals surface area contributed by atoms with Crippen LogP contribution in [0.1, 0.15) is 28.4 Å². The van der Waals surface area contributed by atoms with Crippen LogP contribution in [0.25, 0.3) is 11.0 Å². The van der Waals surface area contributed by atoms with Crippen molar-refractivity contribution in [2.45, 2.75) is 12.5 Å². The van der Waals surface area contributed by atoms with Crippen LogP contribution < -0.4 is 5.32 Å². The number of carbonyl (C=O) groups excluding carboxylic acids is 1. The highest BCUT2D eigenvalue weighted by Crippen LogP contribution is 2.24. The fraction of sp³-hybridized carbons (Fsp3) is 0.364. The zero-order chi connectivity index (χ0) is 20.2. The van der Waals surface area contributed by atoms with Crippen molar-refractivity contribution < 1.29 is 9.18 Å². The van der Waals surface area contributed by atoms with Gasteiger partial charge in [0, 0.05) is 38.8 Å². The average molecular weight is 395 g/mol. The molecule has 0 spiro atoms. The summed E-state index contributed by atoms with van der Waals surface area (Å²) in [6, 6.07) is 13.5. The fourth-order valence-corrected chi connectivity index (χ4v) is 3.98. The predicted molar refractivity (Wildman–Crippen MR) is 111 cm³/mol. The molecule has 1 aliphatic rings. The highest BCUT2D eigenvalue weighted by Gasteiger charge is 2.26. The third-order valence-electron chi connectivity index (χ3n) is 5.52. The highest BCUT2D eigenvalue weighted by atomic mass is 19.1. The van der Waals surface area contributed by atoms with Crippen molar-refractivity contribution in [2.24, 2.45) is 0 Å². The smallest absolute Gasteiger partial charge is 0.253 e. The molecule has 7 heteroatoms. The summed E-state index contributed by atoms with van der Waals surface area (Å²) >= 11 is 0. The van der Waals surface area contributed by atoms with Crippen LogP contribution in [0.3, 0.4) is 0 Å². The Hall–Kier alpha value is -2.77. The number of amides is 1. The Morgan fingerprint density at radius 3 is 2.93 bits per heavy atom. The van der Waals surface area contributed by atoms with Crippen LogP contribution in [-0.2, 0) is 0 Å². The number of aromatic amines is 1. The number of nitrogens with zero attached hydrogens (tertiary/aromatic N) is 3. The molecular formula is C22H26FN5O. The molecule has 29 heavy (non-hydrogen) atoms. The fourth-order valence-electron chi connectivity index (χ4n) is 3.98. The first kappa shape index (κ1) is 19.5. The minimum absolute atomic E-state index is 0.267. The molecule has 2 heterocycles. The third kappa shape index (κ3) is 4.46. The summed E-state index contributed by atoms with van der Waals surface area (Å²) < 4.78 is 13.8. The zero-order valence-electron chi connectivity index (χ0n) is 16.6. The van der Waals surface area contributed by atoms with Crippen molar-refractivity contribution in [3.05, 3.63) is 65.7 Å². The summed E-state index contributed by atoms with van der Waals surface area (Å²) in [6.07, 6.45) is 2.30. The number of hydrogen-bond acceptors (Lipinski definition) is 4. The molecule has 4 rings (SSSR count). The van der Waals surface area contributed by atoms with Gasteiger partial charge in [-0.15, -0.1) is 0 Å². The van der Waals surface area contributed by atoms with Crippen LogP contribution >= 0.6 is 0 Å². The third-order valence-corrected chi connectivity index (χ3v) is 5.52. The molecule has 0 unspecified atom stereocenters. The lowest BCUT2D eigenvalue weighted by molar-refractivity contribution is 0.0866. The summed E-state index contributed by atoms with van der Waals surface area (Å²) in [7, 11) is 2.16. The number of rotatable bonds is 6. The Bertz CT molecular complexity index is 974. The van der Waals surface area contributed by atoms with E-state index in [4.69, 9.17) is 0 Å². The van der Waals surface area contributed by atoms with Crippen LogP contribution in [0, 0.1) is 5.82 Å². The van der Waals surface area contributed by atoms with E-state index in [2.05, 4.69) is 56.4 Å². The van der Waals surface area contributed by atoms with E-state index in [9.17, 15) is 9.18 Å². The molecule has 2 aromatic carbocycles. The molecule has 1 aromatic heterocycles. The van der Waals surface area contributed by atoms with Crippen LogP contribution in [0.2, 0.25) is 0 Å². The van der Waals surface area contributed by atoms with Crippen LogP contribution in [0.15, 0.2) is 48.8 Å². The number of hydrogen-bond donors (Lipinski definition) is 2. The molecule has 0 saturated carbocycles. The first-order valence-corrected chi connectivity index (χ1v) is 10.00. The molecule has 1 fully saturated rings. The van der Waals surface area contributed by atoms with E-state index < -0.39 is 5.82 Å². The number of imidazole rings is 1. The van der Waals surface area contributed by atoms with Crippen molar-refractivity contribution in [3.63, 3.8) is 0 Å². The SMILES string of the molecule is CN1CCN(CCCNC(=O)c2cc(F)cc3[nH]cnc23)[C@H](c2ccccc2)C1. The molecule has 2 N–H and O–H groups in total. The van der Waals surface area contributed by atoms with Gasteiger partial charge in [-0.05, 0) is 31.2 Å². The number of piperazine rings is 1. The van der Waals surface area contributed by atoms with Crippen molar-refractivity contribution in [3.8, 4) is 0 Å². The average Bonchev–Trinajstić information content (AvgIpc) is 3.20. The van der Waals surface area contributed by atoms with E-state index in [0.29, 0.717) is 23.6 Å². The Kier molecular flexibility index (Phi) is 5.87. The minimum atomic E-state index is -0.449. The largest absolute Gasteiger partial charge is 0.352 e. The quantitative estimate of drug-likeness (QED) is 0.630. The van der Waals surface area contributed by atoms with E-state index in [1.54, 1.807) is 0 Å². The van der Waals surface area contributed by atoms with E-state index in [1.807, 2.05) is 6.07 Å². The Balaban J connectivity index is 1.34. The van der Waals surface area contributed by atoms with Crippen molar-refractivity contribution in [1.82, 2.24) is 25.1 Å². The molecule has 1 amide bonds. The Morgan fingerprint density at radius 2 is 2.10 bits per heavy atom. The number of likely N-dealkylation sites (N-methyl/N-ethyl adjacent to an activating group) is 1. The molecule has 6 nitrogen and oxygen atoms in total. The molecule has 1 atom stereocenters. The maximum atomic E-state index is 13.8. The first-order chi connectivity index (χ1) is 14.1. The van der Waals surface area contributed by atoms with E-state index in [0.717, 1.165) is 32.6 Å². The summed E-state index contributed by atoms with van der Waals surface area (Å²) in [5.74, 6) is -0.741. The number of halogens is 1. The number of nitrogens with one attached hydrogen (secondary N) is 2. The first-order valence-electron chi connectivity index (χ1n) is 10.00. The molecule has 0 aliphatic carbocycles. The van der Waals surface area contributed by atoms with Gasteiger partial charge in [-0.3, -0.25) is 9.69 Å². The molecular weight excluding hydrogens is 369 g/mol. The van der Waals surface area contributed by atoms with E-state index in [-0.39, 0.29) is 11.5 Å². The number of H-pyrrole nitrogens is 1. The van der Waals surface area contributed by atoms with Crippen LogP contribution in [0.4, 0.5) is 4.39 Å². The summed E-state index contributed by atoms with van der Waals surface area (Å²) in [5.41, 5.74) is 2.61. The lowest BCUT2D eigenvalue weighted by atomic mass is 10.0. The monoisotopic (exact) mass is 395 g/mol. The number of carbonyl (C=O) groups is 1. The standard InChI is InChI=1S/C22H26FN5O/c1-27-10-11-28(20(14-27)16-6-3-2-4-7-16)9-5-8-24-22(29)18-12-17(23)13-19-21(18)26-15-25-19/h2-4,6-7,12-13,15,20H,5,8-11,14H2,1H3,(H,24,29)(H,25,26)/t20-/m0/s1. The van der Waals surface area contributed by atoms with Crippen LogP contribution in [-0.4, -0.2) is 65.4 Å². The van der Waals surface area contributed by atoms with Gasteiger partial charge < -0.3 is 15.2 Å². The van der Waals surface area contributed by atoms with Crippen molar-refractivity contribution >= 4 is 16.9 Å². The lowest BCUT2D eigenvalue weighted by Gasteiger charge is -2.40. The van der Waals surface area contributed by atoms with Crippen molar-refractivity contribution in [1.29, 1.82) is 0 Å². The zero-order valence-corrected chi connectivity index (χ0v) is 16.6. The number of aromatic nitrogens is 2. The molecule has 3 aromatic rings. The maximum absolute atomic E-state index is 13.8. The van der Waals surface area contributed by atoms with Crippen LogP contribution in [0.5, 0.6) is 0 Å². The molecule has 0 radical (unpaired) electrons. The minimum Gasteiger partial charge on any atom is -0.352 e. The van der Waals surface area contributed by atoms with E-state index in [1.165, 1.54) is 24.0 Å². The van der Waals surface area contributed by atoms with Crippen molar-refractivity contribution in [2.75, 3.05) is 39.8 Å². The predicted octanol–water partition coefficient (Wildman–Crippen LogP) is 2.81. The molecule has 0 bridgehead atoms. The van der Waals surface area contributed by atoms with Gasteiger partial charge >= 0.3 is 0 Å². The number of fused-ring (bicyclic) bond motifs is 1. The summed E-state index contributed by atoms with van der Waals surface area (Å²) in [6.45, 7) is 4.47. The highest BCUT2D eigenvalue weighted by molar-refractivity contribution is 6.04. The van der Waals surface area contributed by atoms with E-state index >= 15 is 0 Å². The lowest BCUT2D eigenvalue weighted by Crippen LogP contribution is -2.47.